The number of alkyl carbamates (subject to hydrolysis) is 1. The summed E-state index contributed by atoms with van der Waals surface area (Å²) >= 11 is 0. The zero-order valence-electron chi connectivity index (χ0n) is 23.4. The number of unbranched alkanes of at least 4 members (excludes halogenated alkanes) is 2. The molecule has 2 aromatic heterocycles. The summed E-state index contributed by atoms with van der Waals surface area (Å²) in [6, 6.07) is 4.03. The maximum absolute atomic E-state index is 13.4. The van der Waals surface area contributed by atoms with Crippen LogP contribution in [0.1, 0.15) is 74.4 Å². The number of rotatable bonds is 14. The maximum Gasteiger partial charge on any atom is 0.433 e. The van der Waals surface area contributed by atoms with E-state index in [1.807, 2.05) is 13.8 Å². The number of ether oxygens (including phenoxy) is 4. The number of alkyl halides is 3. The summed E-state index contributed by atoms with van der Waals surface area (Å²) in [5.74, 6) is -0.860. The van der Waals surface area contributed by atoms with Crippen molar-refractivity contribution < 1.29 is 46.1 Å². The van der Waals surface area contributed by atoms with Crippen LogP contribution in [0.5, 0.6) is 5.75 Å². The number of hydrogen-bond acceptors (Lipinski definition) is 9. The van der Waals surface area contributed by atoms with Crippen molar-refractivity contribution in [3.05, 3.63) is 41.4 Å². The minimum Gasteiger partial charge on any atom is -0.494 e. The smallest absolute Gasteiger partial charge is 0.433 e. The first kappa shape index (κ1) is 31.7. The lowest BCUT2D eigenvalue weighted by atomic mass is 10.1. The number of hydrogen-bond donors (Lipinski definition) is 1. The van der Waals surface area contributed by atoms with E-state index in [1.54, 1.807) is 6.92 Å². The first-order valence-corrected chi connectivity index (χ1v) is 13.4. The van der Waals surface area contributed by atoms with Crippen LogP contribution in [0.25, 0.3) is 22.4 Å². The molecule has 13 heteroatoms. The van der Waals surface area contributed by atoms with E-state index < -0.39 is 30.0 Å². The lowest BCUT2D eigenvalue weighted by Crippen LogP contribution is -2.33. The van der Waals surface area contributed by atoms with E-state index in [-0.39, 0.29) is 59.4 Å². The molecule has 1 atom stereocenters. The second-order valence-electron chi connectivity index (χ2n) is 8.97. The Kier molecular flexibility index (Phi) is 11.3. The van der Waals surface area contributed by atoms with Crippen LogP contribution in [0.2, 0.25) is 0 Å². The molecule has 3 aromatic rings. The molecule has 41 heavy (non-hydrogen) atoms. The Labute approximate surface area is 235 Å². The predicted molar refractivity (Wildman–Crippen MR) is 143 cm³/mol. The van der Waals surface area contributed by atoms with Crippen molar-refractivity contribution in [3.63, 3.8) is 0 Å². The Morgan fingerprint density at radius 3 is 2.39 bits per heavy atom. The standard InChI is InChI=1S/C28H34F3N3O7/c1-5-8-14-38-16-19(32-27(36)40-15-9-6-2)24-23(26(35)39-7-3)34-25(41-24)18-10-12-20(37-4)22-17(18)11-13-21(33-22)28(29,30)31/h10-13,19H,5-9,14-16H2,1-4H3,(H,32,36). The number of carbonyl (C=O) groups is 2. The number of nitrogens with one attached hydrogen (secondary N) is 1. The molecule has 1 amide bonds. The molecule has 0 aliphatic carbocycles. The molecule has 1 aromatic carbocycles. The maximum atomic E-state index is 13.4. The Hall–Kier alpha value is -3.87. The second-order valence-corrected chi connectivity index (χ2v) is 8.97. The van der Waals surface area contributed by atoms with Crippen LogP contribution in [-0.2, 0) is 20.4 Å². The quantitative estimate of drug-likeness (QED) is 0.168. The summed E-state index contributed by atoms with van der Waals surface area (Å²) in [6.07, 6.45) is -2.28. The molecule has 1 N–H and O–H groups in total. The van der Waals surface area contributed by atoms with E-state index in [4.69, 9.17) is 23.4 Å². The fourth-order valence-corrected chi connectivity index (χ4v) is 3.85. The van der Waals surface area contributed by atoms with Crippen LogP contribution in [0.3, 0.4) is 0 Å². The Balaban J connectivity index is 2.12. The molecule has 0 spiro atoms. The molecule has 0 saturated carbocycles. The minimum atomic E-state index is -4.68. The highest BCUT2D eigenvalue weighted by molar-refractivity contribution is 5.97. The van der Waals surface area contributed by atoms with Gasteiger partial charge >= 0.3 is 18.2 Å². The van der Waals surface area contributed by atoms with Gasteiger partial charge in [-0.2, -0.15) is 13.2 Å². The number of benzene rings is 1. The van der Waals surface area contributed by atoms with Crippen LogP contribution < -0.4 is 10.1 Å². The van der Waals surface area contributed by atoms with Gasteiger partial charge in [-0.3, -0.25) is 0 Å². The Morgan fingerprint density at radius 1 is 1.00 bits per heavy atom. The molecule has 10 nitrogen and oxygen atoms in total. The molecule has 0 aliphatic heterocycles. The summed E-state index contributed by atoms with van der Waals surface area (Å²) in [5.41, 5.74) is -1.15. The van der Waals surface area contributed by atoms with Crippen LogP contribution in [0, 0.1) is 0 Å². The highest BCUT2D eigenvalue weighted by Crippen LogP contribution is 2.37. The monoisotopic (exact) mass is 581 g/mol. The minimum absolute atomic E-state index is 0.0419. The van der Waals surface area contributed by atoms with Crippen molar-refractivity contribution in [2.24, 2.45) is 0 Å². The van der Waals surface area contributed by atoms with Crippen molar-refractivity contribution >= 4 is 23.0 Å². The van der Waals surface area contributed by atoms with Crippen LogP contribution in [0.15, 0.2) is 28.7 Å². The van der Waals surface area contributed by atoms with Gasteiger partial charge in [-0.05, 0) is 44.0 Å². The second kappa shape index (κ2) is 14.7. The van der Waals surface area contributed by atoms with E-state index >= 15 is 0 Å². The fourth-order valence-electron chi connectivity index (χ4n) is 3.85. The number of carbonyl (C=O) groups excluding carboxylic acids is 2. The molecule has 224 valence electrons. The number of aromatic nitrogens is 2. The zero-order valence-corrected chi connectivity index (χ0v) is 23.4. The molecule has 0 bridgehead atoms. The number of esters is 1. The molecular formula is C28H34F3N3O7. The van der Waals surface area contributed by atoms with E-state index in [9.17, 15) is 22.8 Å². The number of pyridine rings is 1. The third-order valence-corrected chi connectivity index (χ3v) is 5.95. The number of oxazole rings is 1. The van der Waals surface area contributed by atoms with Crippen molar-refractivity contribution in [2.45, 2.75) is 58.7 Å². The molecule has 1 unspecified atom stereocenters. The summed E-state index contributed by atoms with van der Waals surface area (Å²) in [6.45, 7) is 6.14. The highest BCUT2D eigenvalue weighted by atomic mass is 19.4. The van der Waals surface area contributed by atoms with Crippen molar-refractivity contribution in [1.82, 2.24) is 15.3 Å². The van der Waals surface area contributed by atoms with Gasteiger partial charge in [0.1, 0.15) is 23.0 Å². The average molecular weight is 582 g/mol. The predicted octanol–water partition coefficient (Wildman–Crippen LogP) is 6.48. The summed E-state index contributed by atoms with van der Waals surface area (Å²) in [4.78, 5) is 33.6. The highest BCUT2D eigenvalue weighted by Gasteiger charge is 2.34. The molecular weight excluding hydrogens is 547 g/mol. The Morgan fingerprint density at radius 2 is 1.73 bits per heavy atom. The number of fused-ring (bicyclic) bond motifs is 1. The lowest BCUT2D eigenvalue weighted by molar-refractivity contribution is -0.140. The van der Waals surface area contributed by atoms with Gasteiger partial charge < -0.3 is 28.7 Å². The fraction of sp³-hybridized carbons (Fsp3) is 0.500. The van der Waals surface area contributed by atoms with E-state index in [1.165, 1.54) is 25.3 Å². The normalized spacial score (nSPS) is 12.3. The number of nitrogens with zero attached hydrogens (tertiary/aromatic N) is 2. The molecule has 0 fully saturated rings. The van der Waals surface area contributed by atoms with Gasteiger partial charge in [-0.25, -0.2) is 19.6 Å². The molecule has 0 saturated heterocycles. The molecule has 3 rings (SSSR count). The van der Waals surface area contributed by atoms with Gasteiger partial charge in [0.2, 0.25) is 5.89 Å². The van der Waals surface area contributed by atoms with E-state index in [2.05, 4.69) is 15.3 Å². The summed E-state index contributed by atoms with van der Waals surface area (Å²) < 4.78 is 67.6. The van der Waals surface area contributed by atoms with Gasteiger partial charge in [0.25, 0.3) is 0 Å². The largest absolute Gasteiger partial charge is 0.494 e. The number of amides is 1. The van der Waals surface area contributed by atoms with Crippen LogP contribution in [-0.4, -0.2) is 55.6 Å². The topological polar surface area (TPSA) is 122 Å². The third kappa shape index (κ3) is 8.09. The zero-order chi connectivity index (χ0) is 30.0. The van der Waals surface area contributed by atoms with E-state index in [0.29, 0.717) is 13.0 Å². The van der Waals surface area contributed by atoms with Gasteiger partial charge in [0.15, 0.2) is 11.5 Å². The Bertz CT molecular complexity index is 1330. The van der Waals surface area contributed by atoms with Crippen molar-refractivity contribution in [2.75, 3.05) is 33.5 Å². The average Bonchev–Trinajstić information content (AvgIpc) is 3.39. The van der Waals surface area contributed by atoms with Gasteiger partial charge in [-0.15, -0.1) is 0 Å². The molecule has 0 aliphatic rings. The third-order valence-electron chi connectivity index (χ3n) is 5.95. The van der Waals surface area contributed by atoms with Crippen molar-refractivity contribution in [1.29, 1.82) is 0 Å². The summed E-state index contributed by atoms with van der Waals surface area (Å²) in [7, 11) is 1.31. The van der Waals surface area contributed by atoms with Gasteiger partial charge in [0.05, 0.1) is 26.9 Å². The van der Waals surface area contributed by atoms with E-state index in [0.717, 1.165) is 25.3 Å². The van der Waals surface area contributed by atoms with Gasteiger partial charge in [-0.1, -0.05) is 26.7 Å². The number of methoxy groups -OCH3 is 1. The first-order chi connectivity index (χ1) is 19.6. The summed E-state index contributed by atoms with van der Waals surface area (Å²) in [5, 5.41) is 2.90. The number of halogens is 3. The van der Waals surface area contributed by atoms with Crippen LogP contribution >= 0.6 is 0 Å². The van der Waals surface area contributed by atoms with Crippen LogP contribution in [0.4, 0.5) is 18.0 Å². The first-order valence-electron chi connectivity index (χ1n) is 13.4. The molecule has 0 radical (unpaired) electrons. The lowest BCUT2D eigenvalue weighted by Gasteiger charge is -2.17. The SMILES string of the molecule is CCCCOCC(NC(=O)OCCCC)c1oc(-c2ccc(OC)c3nc(C(F)(F)F)ccc23)nc1C(=O)OCC. The van der Waals surface area contributed by atoms with Gasteiger partial charge in [0, 0.05) is 17.6 Å². The van der Waals surface area contributed by atoms with Crippen molar-refractivity contribution in [3.8, 4) is 17.2 Å². The molecule has 2 heterocycles.